The van der Waals surface area contributed by atoms with Crippen LogP contribution in [0.25, 0.3) is 0 Å². The van der Waals surface area contributed by atoms with Crippen molar-refractivity contribution in [2.24, 2.45) is 0 Å². The minimum atomic E-state index is -0.425. The molecule has 3 nitrogen and oxygen atoms in total. The second-order valence-electron chi connectivity index (χ2n) is 3.94. The number of esters is 1. The second kappa shape index (κ2) is 6.08. The molecular formula is C14H11BrClNO2. The number of benzene rings is 2. The molecule has 2 aromatic carbocycles. The van der Waals surface area contributed by atoms with Crippen LogP contribution in [-0.2, 0) is 11.3 Å². The molecule has 19 heavy (non-hydrogen) atoms. The van der Waals surface area contributed by atoms with Gasteiger partial charge in [-0.25, -0.2) is 4.79 Å². The lowest BCUT2D eigenvalue weighted by Gasteiger charge is -2.06. The van der Waals surface area contributed by atoms with E-state index >= 15 is 0 Å². The van der Waals surface area contributed by atoms with Crippen LogP contribution in [0.4, 0.5) is 5.69 Å². The largest absolute Gasteiger partial charge is 0.457 e. The van der Waals surface area contributed by atoms with E-state index in [4.69, 9.17) is 22.1 Å². The first-order valence-electron chi connectivity index (χ1n) is 5.53. The van der Waals surface area contributed by atoms with E-state index in [0.29, 0.717) is 16.3 Å². The first kappa shape index (κ1) is 13.9. The maximum atomic E-state index is 11.8. The molecule has 0 radical (unpaired) electrons. The number of anilines is 1. The molecule has 0 aliphatic heterocycles. The summed E-state index contributed by atoms with van der Waals surface area (Å²) in [6.45, 7) is 0.217. The van der Waals surface area contributed by atoms with Gasteiger partial charge < -0.3 is 10.5 Å². The Morgan fingerprint density at radius 3 is 2.53 bits per heavy atom. The predicted molar refractivity (Wildman–Crippen MR) is 79.1 cm³/mol. The zero-order valence-corrected chi connectivity index (χ0v) is 12.2. The van der Waals surface area contributed by atoms with Crippen LogP contribution in [-0.4, -0.2) is 5.97 Å². The molecule has 0 saturated heterocycles. The van der Waals surface area contributed by atoms with Crippen LogP contribution in [0.5, 0.6) is 0 Å². The molecule has 0 aliphatic carbocycles. The number of carbonyl (C=O) groups is 1. The molecule has 5 heteroatoms. The van der Waals surface area contributed by atoms with Gasteiger partial charge in [-0.2, -0.15) is 0 Å². The van der Waals surface area contributed by atoms with Crippen molar-refractivity contribution in [2.75, 3.05) is 5.73 Å². The Morgan fingerprint density at radius 2 is 1.89 bits per heavy atom. The van der Waals surface area contributed by atoms with E-state index in [-0.39, 0.29) is 6.61 Å². The molecule has 0 bridgehead atoms. The molecule has 0 saturated carbocycles. The molecule has 2 aromatic rings. The van der Waals surface area contributed by atoms with Crippen LogP contribution in [0.2, 0.25) is 5.02 Å². The van der Waals surface area contributed by atoms with E-state index in [2.05, 4.69) is 15.9 Å². The Hall–Kier alpha value is -1.52. The fraction of sp³-hybridized carbons (Fsp3) is 0.0714. The molecule has 0 atom stereocenters. The van der Waals surface area contributed by atoms with Crippen LogP contribution in [0.1, 0.15) is 15.9 Å². The molecular weight excluding hydrogens is 330 g/mol. The average Bonchev–Trinajstić information content (AvgIpc) is 2.41. The highest BCUT2D eigenvalue weighted by atomic mass is 79.9. The molecule has 0 spiro atoms. The molecule has 98 valence electrons. The number of hydrogen-bond acceptors (Lipinski definition) is 3. The van der Waals surface area contributed by atoms with Crippen LogP contribution in [0, 0.1) is 0 Å². The molecule has 0 fully saturated rings. The Labute approximate surface area is 124 Å². The number of nitrogens with two attached hydrogens (primary N) is 1. The number of nitrogen functional groups attached to an aromatic ring is 1. The highest BCUT2D eigenvalue weighted by molar-refractivity contribution is 9.10. The summed E-state index contributed by atoms with van der Waals surface area (Å²) < 4.78 is 6.18. The molecule has 2 N–H and O–H groups in total. The van der Waals surface area contributed by atoms with Gasteiger partial charge in [-0.3, -0.25) is 0 Å². The van der Waals surface area contributed by atoms with Gasteiger partial charge in [0.15, 0.2) is 0 Å². The molecule has 0 aromatic heterocycles. The van der Waals surface area contributed by atoms with Crippen LogP contribution < -0.4 is 5.73 Å². The van der Waals surface area contributed by atoms with Crippen molar-refractivity contribution in [3.63, 3.8) is 0 Å². The van der Waals surface area contributed by atoms with E-state index < -0.39 is 5.97 Å². The minimum absolute atomic E-state index is 0.217. The lowest BCUT2D eigenvalue weighted by Crippen LogP contribution is -2.05. The summed E-state index contributed by atoms with van der Waals surface area (Å²) in [5.41, 5.74) is 7.30. The van der Waals surface area contributed by atoms with Crippen molar-refractivity contribution in [1.82, 2.24) is 0 Å². The summed E-state index contributed by atoms with van der Waals surface area (Å²) >= 11 is 9.13. The zero-order chi connectivity index (χ0) is 13.8. The summed E-state index contributed by atoms with van der Waals surface area (Å²) in [7, 11) is 0. The van der Waals surface area contributed by atoms with Gasteiger partial charge in [0.25, 0.3) is 0 Å². The molecule has 2 rings (SSSR count). The van der Waals surface area contributed by atoms with Crippen LogP contribution in [0.3, 0.4) is 0 Å². The summed E-state index contributed by atoms with van der Waals surface area (Å²) in [6, 6.07) is 12.2. The summed E-state index contributed by atoms with van der Waals surface area (Å²) in [5, 5.41) is 0.421. The molecule has 0 amide bonds. The zero-order valence-electron chi connectivity index (χ0n) is 9.90. The molecule has 0 heterocycles. The van der Waals surface area contributed by atoms with Crippen molar-refractivity contribution in [3.05, 3.63) is 63.1 Å². The lowest BCUT2D eigenvalue weighted by molar-refractivity contribution is 0.0473. The van der Waals surface area contributed by atoms with Crippen molar-refractivity contribution >= 4 is 39.2 Å². The van der Waals surface area contributed by atoms with Crippen LogP contribution >= 0.6 is 27.5 Å². The van der Waals surface area contributed by atoms with Gasteiger partial charge in [-0.15, -0.1) is 0 Å². The third-order valence-electron chi connectivity index (χ3n) is 2.51. The van der Waals surface area contributed by atoms with Gasteiger partial charge in [0.2, 0.25) is 0 Å². The standard InChI is InChI=1S/C14H11BrClNO2/c15-11-4-1-9(2-5-11)8-19-14(18)10-3-6-12(16)13(17)7-10/h1-7H,8,17H2. The fourth-order valence-electron chi connectivity index (χ4n) is 1.48. The third kappa shape index (κ3) is 3.72. The highest BCUT2D eigenvalue weighted by Crippen LogP contribution is 2.20. The van der Waals surface area contributed by atoms with Gasteiger partial charge in [0.1, 0.15) is 6.61 Å². The fourth-order valence-corrected chi connectivity index (χ4v) is 1.87. The lowest BCUT2D eigenvalue weighted by atomic mass is 10.2. The third-order valence-corrected chi connectivity index (χ3v) is 3.39. The first-order chi connectivity index (χ1) is 9.06. The maximum absolute atomic E-state index is 11.8. The van der Waals surface area contributed by atoms with Gasteiger partial charge in [0, 0.05) is 4.47 Å². The highest BCUT2D eigenvalue weighted by Gasteiger charge is 2.09. The van der Waals surface area contributed by atoms with E-state index in [0.717, 1.165) is 10.0 Å². The predicted octanol–water partition coefficient (Wildman–Crippen LogP) is 4.04. The van der Waals surface area contributed by atoms with Crippen molar-refractivity contribution in [2.45, 2.75) is 6.61 Å². The minimum Gasteiger partial charge on any atom is -0.457 e. The Balaban J connectivity index is 2.01. The van der Waals surface area contributed by atoms with Gasteiger partial charge in [-0.1, -0.05) is 39.7 Å². The summed E-state index contributed by atoms with van der Waals surface area (Å²) in [6.07, 6.45) is 0. The Kier molecular flexibility index (Phi) is 4.45. The smallest absolute Gasteiger partial charge is 0.338 e. The molecule has 0 aliphatic rings. The number of ether oxygens (including phenoxy) is 1. The van der Waals surface area contributed by atoms with Crippen molar-refractivity contribution < 1.29 is 9.53 Å². The van der Waals surface area contributed by atoms with Crippen molar-refractivity contribution in [1.29, 1.82) is 0 Å². The second-order valence-corrected chi connectivity index (χ2v) is 5.26. The summed E-state index contributed by atoms with van der Waals surface area (Å²) in [4.78, 5) is 11.8. The number of hydrogen-bond donors (Lipinski definition) is 1. The number of halogens is 2. The summed E-state index contributed by atoms with van der Waals surface area (Å²) in [5.74, 6) is -0.425. The SMILES string of the molecule is Nc1cc(C(=O)OCc2ccc(Br)cc2)ccc1Cl. The van der Waals surface area contributed by atoms with E-state index in [1.54, 1.807) is 12.1 Å². The van der Waals surface area contributed by atoms with E-state index in [1.807, 2.05) is 24.3 Å². The van der Waals surface area contributed by atoms with Gasteiger partial charge >= 0.3 is 5.97 Å². The Bertz CT molecular complexity index is 599. The van der Waals surface area contributed by atoms with Crippen molar-refractivity contribution in [3.8, 4) is 0 Å². The monoisotopic (exact) mass is 339 g/mol. The first-order valence-corrected chi connectivity index (χ1v) is 6.70. The quantitative estimate of drug-likeness (QED) is 0.677. The normalized spacial score (nSPS) is 10.2. The van der Waals surface area contributed by atoms with Gasteiger partial charge in [0.05, 0.1) is 16.3 Å². The topological polar surface area (TPSA) is 52.3 Å². The Morgan fingerprint density at radius 1 is 1.21 bits per heavy atom. The average molecular weight is 341 g/mol. The van der Waals surface area contributed by atoms with E-state index in [9.17, 15) is 4.79 Å². The number of rotatable bonds is 3. The number of carbonyl (C=O) groups excluding carboxylic acids is 1. The maximum Gasteiger partial charge on any atom is 0.338 e. The molecule has 0 unspecified atom stereocenters. The van der Waals surface area contributed by atoms with Crippen LogP contribution in [0.15, 0.2) is 46.9 Å². The van der Waals surface area contributed by atoms with E-state index in [1.165, 1.54) is 6.07 Å². The van der Waals surface area contributed by atoms with Gasteiger partial charge in [-0.05, 0) is 35.9 Å².